The molecule has 1 aromatic carbocycles. The van der Waals surface area contributed by atoms with Gasteiger partial charge in [0, 0.05) is 88.2 Å². The minimum atomic E-state index is -4.50. The van der Waals surface area contributed by atoms with Gasteiger partial charge in [-0.3, -0.25) is 47.4 Å². The first kappa shape index (κ1) is 98.7. The number of rotatable bonds is 28. The molecule has 10 aromatic heterocycles. The van der Waals surface area contributed by atoms with E-state index in [9.17, 15) is 94.2 Å². The molecular formula is C82H92F16N16O6S5. The third-order valence-electron chi connectivity index (χ3n) is 19.3. The van der Waals surface area contributed by atoms with E-state index in [0.29, 0.717) is 93.5 Å². The van der Waals surface area contributed by atoms with E-state index in [1.165, 1.54) is 60.2 Å². The number of benzene rings is 1. The standard InChI is InChI=1S/C18H15F4N3OS.C17H22F3N3OS.C16H19F3N4OS.C16H20F3N3OS.C15H16F3N3O2S/c1-25-16(18(20,21)22)10-13(24-25)14-6-7-15(27-14)17(26)23-9-8-11-4-2-3-5-12(11)19;1-4-5-6-7-10-22(2)16(24)14-9-8-13(25-14)12-11-15(17(18,19)20)23(3)21-12;1-22-14(16(17,18)19)10-11(21-22)12-4-5-13(25-12)15(24)20-6-9-23-7-2-3-8-23;1-3-4-5-6-9-20-15(23)13-8-7-12(24-13)11-10-14(16(17,18)19)22(2)21-11;1-21-13(15(16,17)18)7-10(20-21)11-4-5-12(24-11)14(22)19-8-9-3-2-6-23-9/h2-7,10H,8-9H2,1H3,(H,23,26);8-9,11H,4-7,10H2,1-3H3;4-5,10H,2-3,6-9H2,1H3,(H,20,24);7-8,10H,3-6,9H2,1-2H3,(H,20,23);4-5,7,9H,2-3,6,8H2,1H3,(H,19,22). The molecule has 13 rings (SSSR count). The number of hydrogen-bond acceptors (Lipinski definition) is 17. The number of hydrogen-bond donors (Lipinski definition) is 4. The van der Waals surface area contributed by atoms with Gasteiger partial charge in [0.05, 0.1) is 54.9 Å². The lowest BCUT2D eigenvalue weighted by atomic mass is 10.1. The largest absolute Gasteiger partial charge is 0.433 e. The number of carbonyl (C=O) groups is 5. The normalized spacial score (nSPS) is 13.7. The first-order valence-corrected chi connectivity index (χ1v) is 43.6. The van der Waals surface area contributed by atoms with Gasteiger partial charge < -0.3 is 35.8 Å². The van der Waals surface area contributed by atoms with Crippen LogP contribution in [0.15, 0.2) is 115 Å². The molecule has 22 nitrogen and oxygen atoms in total. The van der Waals surface area contributed by atoms with Crippen LogP contribution in [-0.2, 0) is 77.3 Å². The number of thiophene rings is 5. The Labute approximate surface area is 729 Å². The number of carbonyl (C=O) groups excluding carboxylic acids is 5. The number of alkyl halides is 15. The smallest absolute Gasteiger partial charge is 0.376 e. The van der Waals surface area contributed by atoms with E-state index in [2.05, 4.69) is 65.5 Å². The maximum absolute atomic E-state index is 13.5. The molecule has 11 aromatic rings. The summed E-state index contributed by atoms with van der Waals surface area (Å²) in [6.07, 6.45) is -9.04. The number of likely N-dealkylation sites (tertiary alicyclic amines) is 1. The minimum absolute atomic E-state index is 0.0403. The summed E-state index contributed by atoms with van der Waals surface area (Å²) in [6, 6.07) is 27.3. The van der Waals surface area contributed by atoms with Gasteiger partial charge in [-0.25, -0.2) is 4.39 Å². The fraction of sp³-hybridized carbons (Fsp3) is 0.439. The topological polar surface area (TPSA) is 238 Å². The van der Waals surface area contributed by atoms with Gasteiger partial charge in [0.15, 0.2) is 0 Å². The zero-order chi connectivity index (χ0) is 91.3. The summed E-state index contributed by atoms with van der Waals surface area (Å²) in [7, 11) is 7.98. The van der Waals surface area contributed by atoms with Gasteiger partial charge in [-0.15, -0.1) is 56.7 Å². The van der Waals surface area contributed by atoms with Crippen LogP contribution in [0.1, 0.15) is 173 Å². The van der Waals surface area contributed by atoms with Crippen molar-refractivity contribution in [1.29, 1.82) is 0 Å². The molecule has 43 heteroatoms. The molecule has 0 aliphatic carbocycles. The molecule has 0 saturated carbocycles. The molecule has 2 aliphatic rings. The summed E-state index contributed by atoms with van der Waals surface area (Å²) < 4.78 is 216. The molecule has 1 atom stereocenters. The highest BCUT2D eigenvalue weighted by atomic mass is 32.1. The number of aryl methyl sites for hydroxylation is 5. The Balaban J connectivity index is 0.000000177. The number of ether oxygens (including phenoxy) is 1. The van der Waals surface area contributed by atoms with Crippen LogP contribution >= 0.6 is 56.7 Å². The van der Waals surface area contributed by atoms with Crippen LogP contribution in [0.4, 0.5) is 70.2 Å². The van der Waals surface area contributed by atoms with Crippen LogP contribution in [0, 0.1) is 5.82 Å². The van der Waals surface area contributed by atoms with E-state index >= 15 is 0 Å². The molecule has 5 amide bonds. The van der Waals surface area contributed by atoms with Crippen molar-refractivity contribution >= 4 is 86.2 Å². The SMILES string of the molecule is CCCCCCN(C)C(=O)c1ccc(-c2cc(C(F)(F)F)n(C)n2)s1.CCCCCCNC(=O)c1ccc(-c2cc(C(F)(F)F)n(C)n2)s1.Cn1nc(-c2ccc(C(=O)NCC3CCCO3)s2)cc1C(F)(F)F.Cn1nc(-c2ccc(C(=O)NCCN3CCCC3)s2)cc1C(F)(F)F.Cn1nc(-c2ccc(C(=O)NCCc3ccccc3F)s2)cc1C(F)(F)F. The predicted octanol–water partition coefficient (Wildman–Crippen LogP) is 19.6. The highest BCUT2D eigenvalue weighted by molar-refractivity contribution is 7.18. The lowest BCUT2D eigenvalue weighted by Gasteiger charge is -2.15. The Morgan fingerprint density at radius 1 is 0.424 bits per heavy atom. The molecule has 1 unspecified atom stereocenters. The average molecular weight is 1860 g/mol. The van der Waals surface area contributed by atoms with E-state index < -0.39 is 59.4 Å². The van der Waals surface area contributed by atoms with Crippen molar-refractivity contribution < 1.29 is 99.0 Å². The maximum Gasteiger partial charge on any atom is 0.433 e. The van der Waals surface area contributed by atoms with Crippen molar-refractivity contribution in [3.05, 3.63) is 179 Å². The van der Waals surface area contributed by atoms with Crippen LogP contribution in [0.2, 0.25) is 0 Å². The second-order valence-electron chi connectivity index (χ2n) is 28.9. The van der Waals surface area contributed by atoms with Gasteiger partial charge in [0.1, 0.15) is 62.8 Å². The van der Waals surface area contributed by atoms with E-state index in [-0.39, 0.29) is 76.5 Å². The summed E-state index contributed by atoms with van der Waals surface area (Å²) in [5, 5.41) is 30.6. The first-order chi connectivity index (χ1) is 59.0. The zero-order valence-corrected chi connectivity index (χ0v) is 73.1. The van der Waals surface area contributed by atoms with Crippen LogP contribution in [0.5, 0.6) is 0 Å². The van der Waals surface area contributed by atoms with Gasteiger partial charge in [-0.2, -0.15) is 91.3 Å². The maximum atomic E-state index is 13.5. The van der Waals surface area contributed by atoms with Crippen molar-refractivity contribution in [2.24, 2.45) is 35.2 Å². The van der Waals surface area contributed by atoms with Gasteiger partial charge in [0.25, 0.3) is 29.5 Å². The Kier molecular flexibility index (Phi) is 35.0. The molecular weight excluding hydrogens is 1770 g/mol. The fourth-order valence-electron chi connectivity index (χ4n) is 12.8. The summed E-state index contributed by atoms with van der Waals surface area (Å²) in [4.78, 5) is 69.7. The van der Waals surface area contributed by atoms with Crippen molar-refractivity contribution in [3.63, 3.8) is 0 Å². The van der Waals surface area contributed by atoms with Crippen molar-refractivity contribution in [1.82, 2.24) is 80.0 Å². The monoisotopic (exact) mass is 1860 g/mol. The van der Waals surface area contributed by atoms with E-state index in [1.807, 2.05) is 0 Å². The van der Waals surface area contributed by atoms with Gasteiger partial charge >= 0.3 is 30.9 Å². The zero-order valence-electron chi connectivity index (χ0n) is 69.0. The average Bonchev–Trinajstić information content (AvgIpc) is 1.67. The summed E-state index contributed by atoms with van der Waals surface area (Å²) in [5.74, 6) is -1.47. The van der Waals surface area contributed by atoms with Crippen LogP contribution in [-0.4, -0.2) is 160 Å². The molecule has 2 saturated heterocycles. The highest BCUT2D eigenvalue weighted by Gasteiger charge is 2.40. The number of halogens is 16. The molecule has 12 heterocycles. The summed E-state index contributed by atoms with van der Waals surface area (Å²) >= 11 is 5.60. The van der Waals surface area contributed by atoms with E-state index in [1.54, 1.807) is 84.7 Å². The molecule has 2 aliphatic heterocycles. The minimum Gasteiger partial charge on any atom is -0.376 e. The Morgan fingerprint density at radius 2 is 0.760 bits per heavy atom. The molecule has 678 valence electrons. The van der Waals surface area contributed by atoms with Gasteiger partial charge in [-0.05, 0) is 161 Å². The quantitative estimate of drug-likeness (QED) is 0.0265. The number of aromatic nitrogens is 10. The summed E-state index contributed by atoms with van der Waals surface area (Å²) in [5.41, 5.74) is -2.60. The molecule has 4 N–H and O–H groups in total. The third-order valence-corrected chi connectivity index (χ3v) is 24.8. The molecule has 0 bridgehead atoms. The lowest BCUT2D eigenvalue weighted by Crippen LogP contribution is -2.33. The van der Waals surface area contributed by atoms with Crippen LogP contribution in [0.3, 0.4) is 0 Å². The van der Waals surface area contributed by atoms with Crippen molar-refractivity contribution in [2.45, 2.75) is 134 Å². The predicted molar refractivity (Wildman–Crippen MR) is 447 cm³/mol. The summed E-state index contributed by atoms with van der Waals surface area (Å²) in [6.45, 7) is 10.4. The number of nitrogens with one attached hydrogen (secondary N) is 4. The van der Waals surface area contributed by atoms with Crippen molar-refractivity contribution in [3.8, 4) is 52.9 Å². The van der Waals surface area contributed by atoms with E-state index in [0.717, 1.165) is 194 Å². The number of unbranched alkanes of at least 4 members (excludes halogenated alkanes) is 6. The third kappa shape index (κ3) is 28.5. The Bertz CT molecular complexity index is 5350. The number of amides is 5. The van der Waals surface area contributed by atoms with E-state index in [4.69, 9.17) is 4.74 Å². The lowest BCUT2D eigenvalue weighted by molar-refractivity contribution is -0.144. The molecule has 0 spiro atoms. The second kappa shape index (κ2) is 44.4. The second-order valence-corrected chi connectivity index (χ2v) is 34.3. The molecule has 125 heavy (non-hydrogen) atoms. The Hall–Kier alpha value is -10.1. The van der Waals surface area contributed by atoms with Crippen LogP contribution in [0.25, 0.3) is 52.9 Å². The Morgan fingerprint density at radius 3 is 1.10 bits per heavy atom. The fourth-order valence-corrected chi connectivity index (χ4v) is 17.2. The van der Waals surface area contributed by atoms with Gasteiger partial charge in [-0.1, -0.05) is 70.6 Å². The van der Waals surface area contributed by atoms with Crippen molar-refractivity contribution in [2.75, 3.05) is 66.0 Å². The molecule has 0 radical (unpaired) electrons. The van der Waals surface area contributed by atoms with Crippen LogP contribution < -0.4 is 21.3 Å². The first-order valence-electron chi connectivity index (χ1n) is 39.5. The molecule has 2 fully saturated rings. The number of nitrogens with zero attached hydrogens (tertiary/aromatic N) is 12. The van der Waals surface area contributed by atoms with Gasteiger partial charge in [0.2, 0.25) is 0 Å². The highest BCUT2D eigenvalue weighted by Crippen LogP contribution is 2.40.